The van der Waals surface area contributed by atoms with Gasteiger partial charge in [0.2, 0.25) is 0 Å². The van der Waals surface area contributed by atoms with Crippen LogP contribution in [0.4, 0.5) is 0 Å². The first-order valence-electron chi connectivity index (χ1n) is 4.12. The lowest BCUT2D eigenvalue weighted by atomic mass is 10.0. The molecule has 1 aromatic rings. The van der Waals surface area contributed by atoms with Crippen LogP contribution < -0.4 is 5.73 Å². The lowest BCUT2D eigenvalue weighted by Gasteiger charge is -2.15. The van der Waals surface area contributed by atoms with Crippen LogP contribution >= 0.6 is 0 Å². The SMILES string of the molecule is NC(C(=O)O)[C@@H](O)c1ccc(O)c(O)c1. The van der Waals surface area contributed by atoms with E-state index in [0.717, 1.165) is 12.1 Å². The first-order valence-corrected chi connectivity index (χ1v) is 4.12. The van der Waals surface area contributed by atoms with Crippen molar-refractivity contribution in [3.8, 4) is 11.5 Å². The summed E-state index contributed by atoms with van der Waals surface area (Å²) < 4.78 is 0. The molecule has 0 spiro atoms. The Balaban J connectivity index is 2.96. The number of carbonyl (C=O) groups is 1. The van der Waals surface area contributed by atoms with Gasteiger partial charge in [-0.2, -0.15) is 0 Å². The fourth-order valence-corrected chi connectivity index (χ4v) is 1.07. The van der Waals surface area contributed by atoms with Crippen molar-refractivity contribution in [1.82, 2.24) is 0 Å². The van der Waals surface area contributed by atoms with Gasteiger partial charge in [-0.25, -0.2) is 0 Å². The van der Waals surface area contributed by atoms with Crippen LogP contribution in [0.25, 0.3) is 0 Å². The Hall–Kier alpha value is -1.79. The van der Waals surface area contributed by atoms with E-state index in [9.17, 15) is 9.90 Å². The molecule has 0 aromatic heterocycles. The van der Waals surface area contributed by atoms with Gasteiger partial charge < -0.3 is 26.2 Å². The predicted octanol–water partition coefficient (Wildman–Crippen LogP) is -0.457. The van der Waals surface area contributed by atoms with Crippen LogP contribution in [0, 0.1) is 0 Å². The van der Waals surface area contributed by atoms with Gasteiger partial charge >= 0.3 is 5.97 Å². The number of carboxylic acid groups (broad SMARTS) is 1. The minimum Gasteiger partial charge on any atom is -0.504 e. The lowest BCUT2D eigenvalue weighted by Crippen LogP contribution is -2.36. The van der Waals surface area contributed by atoms with E-state index in [4.69, 9.17) is 21.1 Å². The number of hydrogen-bond donors (Lipinski definition) is 5. The quantitative estimate of drug-likeness (QED) is 0.433. The molecule has 2 atom stereocenters. The van der Waals surface area contributed by atoms with Crippen LogP contribution in [0.5, 0.6) is 11.5 Å². The molecule has 0 saturated carbocycles. The van der Waals surface area contributed by atoms with Gasteiger partial charge in [0, 0.05) is 0 Å². The van der Waals surface area contributed by atoms with Crippen molar-refractivity contribution < 1.29 is 25.2 Å². The van der Waals surface area contributed by atoms with Gasteiger partial charge in [0.15, 0.2) is 11.5 Å². The maximum Gasteiger partial charge on any atom is 0.323 e. The summed E-state index contributed by atoms with van der Waals surface area (Å²) in [5.74, 6) is -2.14. The van der Waals surface area contributed by atoms with Crippen molar-refractivity contribution in [2.24, 2.45) is 5.73 Å². The summed E-state index contributed by atoms with van der Waals surface area (Å²) in [5, 5.41) is 36.1. The third kappa shape index (κ3) is 2.36. The molecule has 0 radical (unpaired) electrons. The molecule has 0 bridgehead atoms. The van der Waals surface area contributed by atoms with Gasteiger partial charge in [-0.15, -0.1) is 0 Å². The van der Waals surface area contributed by atoms with Crippen LogP contribution in [-0.4, -0.2) is 32.4 Å². The van der Waals surface area contributed by atoms with Gasteiger partial charge in [-0.3, -0.25) is 4.79 Å². The van der Waals surface area contributed by atoms with Crippen molar-refractivity contribution in [3.05, 3.63) is 23.8 Å². The molecule has 0 amide bonds. The van der Waals surface area contributed by atoms with Crippen LogP contribution in [0.1, 0.15) is 11.7 Å². The summed E-state index contributed by atoms with van der Waals surface area (Å²) in [4.78, 5) is 10.5. The third-order valence-electron chi connectivity index (χ3n) is 1.97. The van der Waals surface area contributed by atoms with Crippen LogP contribution in [0.3, 0.4) is 0 Å². The average Bonchev–Trinajstić information content (AvgIpc) is 2.19. The summed E-state index contributed by atoms with van der Waals surface area (Å²) in [6.07, 6.45) is -1.44. The number of phenolic OH excluding ortho intramolecular Hbond substituents is 2. The second-order valence-corrected chi connectivity index (χ2v) is 3.06. The Bertz CT molecular complexity index is 379. The molecule has 1 unspecified atom stereocenters. The molecule has 0 saturated heterocycles. The van der Waals surface area contributed by atoms with E-state index in [1.165, 1.54) is 6.07 Å². The highest BCUT2D eigenvalue weighted by atomic mass is 16.4. The molecule has 6 heteroatoms. The third-order valence-corrected chi connectivity index (χ3v) is 1.97. The molecule has 0 aliphatic heterocycles. The Labute approximate surface area is 85.2 Å². The van der Waals surface area contributed by atoms with Crippen LogP contribution in [-0.2, 0) is 4.79 Å². The number of phenols is 2. The van der Waals surface area contributed by atoms with Crippen LogP contribution in [0.2, 0.25) is 0 Å². The molecule has 0 fully saturated rings. The number of hydrogen-bond acceptors (Lipinski definition) is 5. The molecule has 82 valence electrons. The number of carboxylic acids is 1. The highest BCUT2D eigenvalue weighted by molar-refractivity contribution is 5.74. The van der Waals surface area contributed by atoms with Gasteiger partial charge in [-0.1, -0.05) is 6.07 Å². The van der Waals surface area contributed by atoms with E-state index in [1.54, 1.807) is 0 Å². The highest BCUT2D eigenvalue weighted by Crippen LogP contribution is 2.28. The van der Waals surface area contributed by atoms with Gasteiger partial charge in [0.1, 0.15) is 12.1 Å². The van der Waals surface area contributed by atoms with Crippen molar-refractivity contribution in [2.75, 3.05) is 0 Å². The zero-order valence-corrected chi connectivity index (χ0v) is 7.66. The molecular weight excluding hydrogens is 202 g/mol. The second-order valence-electron chi connectivity index (χ2n) is 3.06. The summed E-state index contributed by atoms with van der Waals surface area (Å²) in [5.41, 5.74) is 5.31. The average molecular weight is 213 g/mol. The molecule has 0 heterocycles. The minimum absolute atomic E-state index is 0.125. The maximum atomic E-state index is 10.5. The molecule has 0 aliphatic carbocycles. The Kier molecular flexibility index (Phi) is 3.13. The topological polar surface area (TPSA) is 124 Å². The van der Waals surface area contributed by atoms with Gasteiger partial charge in [0.25, 0.3) is 0 Å². The fraction of sp³-hybridized carbons (Fsp3) is 0.222. The zero-order chi connectivity index (χ0) is 11.6. The summed E-state index contributed by atoms with van der Waals surface area (Å²) in [6.45, 7) is 0. The fourth-order valence-electron chi connectivity index (χ4n) is 1.07. The van der Waals surface area contributed by atoms with Crippen molar-refractivity contribution in [1.29, 1.82) is 0 Å². The smallest absolute Gasteiger partial charge is 0.323 e. The molecule has 6 nitrogen and oxygen atoms in total. The number of aliphatic hydroxyl groups excluding tert-OH is 1. The monoisotopic (exact) mass is 213 g/mol. The number of rotatable bonds is 3. The van der Waals surface area contributed by atoms with Crippen molar-refractivity contribution in [3.63, 3.8) is 0 Å². The standard InChI is InChI=1S/C9H11NO5/c10-7(9(14)15)8(13)4-1-2-5(11)6(12)3-4/h1-3,7-8,11-13H,10H2,(H,14,15)/t7?,8-/m0/s1. The molecule has 6 N–H and O–H groups in total. The minimum atomic E-state index is -1.48. The van der Waals surface area contributed by atoms with E-state index in [-0.39, 0.29) is 11.3 Å². The molecule has 1 rings (SSSR count). The number of aromatic hydroxyl groups is 2. The Morgan fingerprint density at radius 2 is 1.87 bits per heavy atom. The predicted molar refractivity (Wildman–Crippen MR) is 50.3 cm³/mol. The Morgan fingerprint density at radius 3 is 2.33 bits per heavy atom. The molecule has 1 aromatic carbocycles. The number of aliphatic carboxylic acids is 1. The summed E-state index contributed by atoms with van der Waals surface area (Å²) in [6, 6.07) is 2.00. The first kappa shape index (κ1) is 11.3. The summed E-state index contributed by atoms with van der Waals surface area (Å²) >= 11 is 0. The number of benzene rings is 1. The zero-order valence-electron chi connectivity index (χ0n) is 7.66. The molecule has 15 heavy (non-hydrogen) atoms. The van der Waals surface area contributed by atoms with Crippen molar-refractivity contribution >= 4 is 5.97 Å². The summed E-state index contributed by atoms with van der Waals surface area (Å²) in [7, 11) is 0. The first-order chi connectivity index (χ1) is 6.93. The van der Waals surface area contributed by atoms with Gasteiger partial charge in [0.05, 0.1) is 0 Å². The van der Waals surface area contributed by atoms with E-state index >= 15 is 0 Å². The van der Waals surface area contributed by atoms with E-state index < -0.39 is 23.9 Å². The largest absolute Gasteiger partial charge is 0.504 e. The molecule has 0 aliphatic rings. The lowest BCUT2D eigenvalue weighted by molar-refractivity contribution is -0.141. The van der Waals surface area contributed by atoms with Gasteiger partial charge in [-0.05, 0) is 17.7 Å². The molecular formula is C9H11NO5. The highest BCUT2D eigenvalue weighted by Gasteiger charge is 2.24. The van der Waals surface area contributed by atoms with E-state index in [0.29, 0.717) is 0 Å². The van der Waals surface area contributed by atoms with Crippen LogP contribution in [0.15, 0.2) is 18.2 Å². The Morgan fingerprint density at radius 1 is 1.27 bits per heavy atom. The van der Waals surface area contributed by atoms with E-state index in [2.05, 4.69) is 0 Å². The number of aliphatic hydroxyl groups is 1. The number of nitrogens with two attached hydrogens (primary N) is 1. The van der Waals surface area contributed by atoms with E-state index in [1.807, 2.05) is 0 Å². The second kappa shape index (κ2) is 4.16. The normalized spacial score (nSPS) is 14.5. The maximum absolute atomic E-state index is 10.5. The van der Waals surface area contributed by atoms with Crippen molar-refractivity contribution in [2.45, 2.75) is 12.1 Å².